The van der Waals surface area contributed by atoms with Gasteiger partial charge >= 0.3 is 0 Å². The third-order valence-electron chi connectivity index (χ3n) is 4.52. The molecule has 1 aliphatic rings. The number of benzene rings is 1. The highest BCUT2D eigenvalue weighted by molar-refractivity contribution is 14.0. The van der Waals surface area contributed by atoms with E-state index in [1.165, 1.54) is 0 Å². The zero-order valence-electron chi connectivity index (χ0n) is 15.9. The van der Waals surface area contributed by atoms with Gasteiger partial charge in [0.25, 0.3) is 0 Å². The minimum atomic E-state index is -0.230. The largest absolute Gasteiger partial charge is 0.487 e. The fraction of sp³-hybridized carbons (Fsp3) is 0.474. The molecule has 0 bridgehead atoms. The molecule has 7 heteroatoms. The topological polar surface area (TPSA) is 71.7 Å². The van der Waals surface area contributed by atoms with Gasteiger partial charge in [0, 0.05) is 31.1 Å². The average molecular weight is 470 g/mol. The van der Waals surface area contributed by atoms with Crippen LogP contribution in [0.3, 0.4) is 0 Å². The Balaban J connectivity index is 0.00000243. The van der Waals surface area contributed by atoms with Crippen molar-refractivity contribution in [2.24, 2.45) is 4.99 Å². The van der Waals surface area contributed by atoms with Crippen LogP contribution in [0, 0.1) is 13.8 Å². The van der Waals surface area contributed by atoms with Crippen LogP contribution in [-0.2, 0) is 6.54 Å². The minimum absolute atomic E-state index is 0. The zero-order valence-corrected chi connectivity index (χ0v) is 18.3. The number of nitrogens with zero attached hydrogens (tertiary/aromatic N) is 2. The number of fused-ring (bicyclic) bond motifs is 1. The third kappa shape index (κ3) is 4.49. The van der Waals surface area contributed by atoms with Crippen molar-refractivity contribution in [3.8, 4) is 5.75 Å². The predicted octanol–water partition coefficient (Wildman–Crippen LogP) is 3.88. The van der Waals surface area contributed by atoms with E-state index < -0.39 is 0 Å². The fourth-order valence-electron chi connectivity index (χ4n) is 3.22. The van der Waals surface area contributed by atoms with Crippen molar-refractivity contribution in [1.82, 2.24) is 15.8 Å². The van der Waals surface area contributed by atoms with Crippen LogP contribution in [-0.4, -0.2) is 23.8 Å². The molecule has 2 N–H and O–H groups in total. The second-order valence-corrected chi connectivity index (χ2v) is 7.03. The number of hydrogen-bond donors (Lipinski definition) is 2. The van der Waals surface area contributed by atoms with E-state index in [9.17, 15) is 0 Å². The van der Waals surface area contributed by atoms with E-state index in [0.717, 1.165) is 40.7 Å². The van der Waals surface area contributed by atoms with Crippen molar-refractivity contribution in [2.45, 2.75) is 52.3 Å². The number of aryl methyl sites for hydroxylation is 2. The van der Waals surface area contributed by atoms with Crippen LogP contribution in [0.5, 0.6) is 5.75 Å². The van der Waals surface area contributed by atoms with Gasteiger partial charge in [0.1, 0.15) is 17.1 Å². The van der Waals surface area contributed by atoms with Gasteiger partial charge in [-0.05, 0) is 33.8 Å². The molecule has 1 unspecified atom stereocenters. The lowest BCUT2D eigenvalue weighted by molar-refractivity contribution is 0.0694. The number of ether oxygens (including phenoxy) is 1. The van der Waals surface area contributed by atoms with Gasteiger partial charge in [0.05, 0.1) is 11.7 Å². The molecule has 0 spiro atoms. The molecule has 3 rings (SSSR count). The maximum absolute atomic E-state index is 6.09. The molecule has 142 valence electrons. The lowest BCUT2D eigenvalue weighted by atomic mass is 9.90. The first-order chi connectivity index (χ1) is 11.9. The molecule has 1 atom stereocenters. The summed E-state index contributed by atoms with van der Waals surface area (Å²) in [7, 11) is 1.78. The normalized spacial score (nSPS) is 18.3. The molecule has 0 fully saturated rings. The van der Waals surface area contributed by atoms with Crippen molar-refractivity contribution in [3.05, 3.63) is 46.8 Å². The van der Waals surface area contributed by atoms with Crippen molar-refractivity contribution >= 4 is 29.9 Å². The Hall–Kier alpha value is -1.77. The highest BCUT2D eigenvalue weighted by atomic mass is 127. The van der Waals surface area contributed by atoms with Crippen molar-refractivity contribution in [2.75, 3.05) is 7.05 Å². The van der Waals surface area contributed by atoms with E-state index >= 15 is 0 Å². The van der Waals surface area contributed by atoms with Gasteiger partial charge in [0.2, 0.25) is 0 Å². The summed E-state index contributed by atoms with van der Waals surface area (Å²) in [5.74, 6) is 2.51. The molecule has 0 saturated heterocycles. The van der Waals surface area contributed by atoms with E-state index in [2.05, 4.69) is 40.7 Å². The molecular weight excluding hydrogens is 443 g/mol. The molecule has 0 saturated carbocycles. The van der Waals surface area contributed by atoms with Crippen molar-refractivity contribution in [3.63, 3.8) is 0 Å². The van der Waals surface area contributed by atoms with Crippen LogP contribution in [0.4, 0.5) is 0 Å². The molecular formula is C19H27IN4O2. The Morgan fingerprint density at radius 1 is 1.31 bits per heavy atom. The number of guanidine groups is 1. The Bertz CT molecular complexity index is 766. The molecule has 26 heavy (non-hydrogen) atoms. The van der Waals surface area contributed by atoms with Crippen LogP contribution >= 0.6 is 24.0 Å². The van der Waals surface area contributed by atoms with Gasteiger partial charge in [-0.3, -0.25) is 4.99 Å². The van der Waals surface area contributed by atoms with Crippen LogP contribution < -0.4 is 15.4 Å². The molecule has 2 aromatic rings. The van der Waals surface area contributed by atoms with E-state index in [0.29, 0.717) is 6.54 Å². The number of aromatic nitrogens is 1. The summed E-state index contributed by atoms with van der Waals surface area (Å²) in [4.78, 5) is 4.36. The predicted molar refractivity (Wildman–Crippen MR) is 113 cm³/mol. The number of para-hydroxylation sites is 1. The fourth-order valence-corrected chi connectivity index (χ4v) is 3.22. The third-order valence-corrected chi connectivity index (χ3v) is 4.52. The summed E-state index contributed by atoms with van der Waals surface area (Å²) < 4.78 is 11.3. The number of rotatable bonds is 3. The van der Waals surface area contributed by atoms with Crippen LogP contribution in [0.25, 0.3) is 0 Å². The van der Waals surface area contributed by atoms with Gasteiger partial charge in [-0.25, -0.2) is 0 Å². The Morgan fingerprint density at radius 2 is 2.04 bits per heavy atom. The summed E-state index contributed by atoms with van der Waals surface area (Å²) in [6.45, 7) is 8.70. The lowest BCUT2D eigenvalue weighted by Crippen LogP contribution is -2.45. The summed E-state index contributed by atoms with van der Waals surface area (Å²) in [5.41, 5.74) is 2.89. The van der Waals surface area contributed by atoms with E-state index in [1.807, 2.05) is 32.0 Å². The highest BCUT2D eigenvalue weighted by Crippen LogP contribution is 2.39. The van der Waals surface area contributed by atoms with Gasteiger partial charge in [-0.15, -0.1) is 24.0 Å². The van der Waals surface area contributed by atoms with E-state index in [-0.39, 0.29) is 35.6 Å². The number of hydrogen-bond acceptors (Lipinski definition) is 4. The summed E-state index contributed by atoms with van der Waals surface area (Å²) in [6.07, 6.45) is 0.857. The molecule has 6 nitrogen and oxygen atoms in total. The number of nitrogens with one attached hydrogen (secondary N) is 2. The Labute approximate surface area is 171 Å². The summed E-state index contributed by atoms with van der Waals surface area (Å²) in [6, 6.07) is 8.29. The maximum Gasteiger partial charge on any atom is 0.191 e. The second-order valence-electron chi connectivity index (χ2n) is 7.03. The molecule has 0 radical (unpaired) electrons. The van der Waals surface area contributed by atoms with E-state index in [4.69, 9.17) is 9.26 Å². The van der Waals surface area contributed by atoms with Crippen LogP contribution in [0.1, 0.15) is 48.9 Å². The Morgan fingerprint density at radius 3 is 2.69 bits per heavy atom. The SMILES string of the molecule is CN=C(NCc1c(C)noc1C)NC1CC(C)(C)Oc2ccccc21.I. The maximum atomic E-state index is 6.09. The molecule has 1 aliphatic heterocycles. The molecule has 0 aliphatic carbocycles. The average Bonchev–Trinajstić information content (AvgIpc) is 2.88. The van der Waals surface area contributed by atoms with Crippen molar-refractivity contribution in [1.29, 1.82) is 0 Å². The van der Waals surface area contributed by atoms with Crippen LogP contribution in [0.2, 0.25) is 0 Å². The van der Waals surface area contributed by atoms with Crippen molar-refractivity contribution < 1.29 is 9.26 Å². The molecule has 1 aromatic carbocycles. The first kappa shape index (κ1) is 20.5. The number of aliphatic imine (C=N–C) groups is 1. The zero-order chi connectivity index (χ0) is 18.0. The second kappa shape index (κ2) is 8.28. The quantitative estimate of drug-likeness (QED) is 0.405. The molecule has 1 aromatic heterocycles. The van der Waals surface area contributed by atoms with Gasteiger partial charge in [0.15, 0.2) is 5.96 Å². The van der Waals surface area contributed by atoms with Gasteiger partial charge in [-0.1, -0.05) is 23.4 Å². The van der Waals surface area contributed by atoms with Gasteiger partial charge < -0.3 is 19.9 Å². The Kier molecular flexibility index (Phi) is 6.54. The lowest BCUT2D eigenvalue weighted by Gasteiger charge is -2.38. The first-order valence-corrected chi connectivity index (χ1v) is 8.56. The smallest absolute Gasteiger partial charge is 0.191 e. The summed E-state index contributed by atoms with van der Waals surface area (Å²) in [5, 5.41) is 10.9. The minimum Gasteiger partial charge on any atom is -0.487 e. The highest BCUT2D eigenvalue weighted by Gasteiger charge is 2.33. The van der Waals surface area contributed by atoms with Crippen LogP contribution in [0.15, 0.2) is 33.8 Å². The molecule has 0 amide bonds. The van der Waals surface area contributed by atoms with Gasteiger partial charge in [-0.2, -0.15) is 0 Å². The molecule has 2 heterocycles. The summed E-state index contributed by atoms with van der Waals surface area (Å²) >= 11 is 0. The standard InChI is InChI=1S/C19H26N4O2.HI/c1-12-15(13(2)25-23-12)11-21-18(20-5)22-16-10-19(3,4)24-17-9-7-6-8-14(16)17;/h6-9,16H,10-11H2,1-5H3,(H2,20,21,22);1H. The number of halogens is 1. The first-order valence-electron chi connectivity index (χ1n) is 8.56. The van der Waals surface area contributed by atoms with E-state index in [1.54, 1.807) is 7.05 Å². The monoisotopic (exact) mass is 470 g/mol.